The predicted octanol–water partition coefficient (Wildman–Crippen LogP) is 3.42. The summed E-state index contributed by atoms with van der Waals surface area (Å²) < 4.78 is 11.8. The SMILES string of the molecule is CC[C@]1(C2=NC(C)(C)CO2)O[C@@H]1c1ccc(C)cc1. The van der Waals surface area contributed by atoms with Crippen LogP contribution in [0.4, 0.5) is 0 Å². The lowest BCUT2D eigenvalue weighted by atomic mass is 9.96. The van der Waals surface area contributed by atoms with Crippen LogP contribution >= 0.6 is 0 Å². The zero-order valence-electron chi connectivity index (χ0n) is 12.1. The number of benzene rings is 1. The van der Waals surface area contributed by atoms with E-state index in [1.165, 1.54) is 11.1 Å². The van der Waals surface area contributed by atoms with Crippen LogP contribution in [0, 0.1) is 6.92 Å². The van der Waals surface area contributed by atoms with Crippen LogP contribution in [0.2, 0.25) is 0 Å². The molecule has 0 saturated carbocycles. The topological polar surface area (TPSA) is 34.1 Å². The molecule has 2 atom stereocenters. The van der Waals surface area contributed by atoms with Gasteiger partial charge in [-0.2, -0.15) is 0 Å². The lowest BCUT2D eigenvalue weighted by Crippen LogP contribution is -2.25. The van der Waals surface area contributed by atoms with Gasteiger partial charge in [-0.1, -0.05) is 36.8 Å². The van der Waals surface area contributed by atoms with Gasteiger partial charge in [0.15, 0.2) is 5.60 Å². The molecule has 19 heavy (non-hydrogen) atoms. The first-order valence-corrected chi connectivity index (χ1v) is 6.94. The maximum Gasteiger partial charge on any atom is 0.220 e. The van der Waals surface area contributed by atoms with E-state index in [9.17, 15) is 0 Å². The van der Waals surface area contributed by atoms with Crippen molar-refractivity contribution in [1.29, 1.82) is 0 Å². The highest BCUT2D eigenvalue weighted by atomic mass is 16.6. The number of nitrogens with zero attached hydrogens (tertiary/aromatic N) is 1. The largest absolute Gasteiger partial charge is 0.476 e. The van der Waals surface area contributed by atoms with Crippen molar-refractivity contribution in [3.8, 4) is 0 Å². The summed E-state index contributed by atoms with van der Waals surface area (Å²) in [6.45, 7) is 9.05. The molecule has 0 N–H and O–H groups in total. The van der Waals surface area contributed by atoms with Crippen LogP contribution in [-0.2, 0) is 9.47 Å². The minimum absolute atomic E-state index is 0.0887. The van der Waals surface area contributed by atoms with E-state index in [4.69, 9.17) is 9.47 Å². The summed E-state index contributed by atoms with van der Waals surface area (Å²) in [4.78, 5) is 4.69. The van der Waals surface area contributed by atoms with E-state index < -0.39 is 0 Å². The molecule has 2 aliphatic rings. The molecule has 1 aromatic carbocycles. The molecular formula is C16H21NO2. The second kappa shape index (κ2) is 4.07. The average Bonchev–Trinajstić information content (AvgIpc) is 3.01. The maximum absolute atomic E-state index is 6.00. The molecule has 3 heteroatoms. The zero-order chi connectivity index (χ0) is 13.7. The Morgan fingerprint density at radius 1 is 1.26 bits per heavy atom. The molecule has 1 saturated heterocycles. The highest BCUT2D eigenvalue weighted by Gasteiger charge is 2.62. The molecule has 3 rings (SSSR count). The molecule has 0 aromatic heterocycles. The Labute approximate surface area is 114 Å². The first-order chi connectivity index (χ1) is 8.97. The van der Waals surface area contributed by atoms with Gasteiger partial charge in [0, 0.05) is 0 Å². The molecule has 102 valence electrons. The lowest BCUT2D eigenvalue weighted by molar-refractivity contribution is 0.244. The second-order valence-electron chi connectivity index (χ2n) is 6.17. The molecule has 0 amide bonds. The van der Waals surface area contributed by atoms with Gasteiger partial charge < -0.3 is 9.47 Å². The van der Waals surface area contributed by atoms with Gasteiger partial charge in [0.25, 0.3) is 0 Å². The van der Waals surface area contributed by atoms with E-state index in [0.717, 1.165) is 12.3 Å². The standard InChI is InChI=1S/C16H21NO2/c1-5-16(14-17-15(3,4)10-18-14)13(19-16)12-8-6-11(2)7-9-12/h6-9,13H,5,10H2,1-4H3/t13-,16+/m1/s1. The molecule has 2 heterocycles. The maximum atomic E-state index is 6.00. The number of aliphatic imine (C=N–C) groups is 1. The molecule has 1 aromatic rings. The van der Waals surface area contributed by atoms with E-state index in [1.54, 1.807) is 0 Å². The number of hydrogen-bond acceptors (Lipinski definition) is 3. The van der Waals surface area contributed by atoms with Gasteiger partial charge in [-0.25, -0.2) is 4.99 Å². The smallest absolute Gasteiger partial charge is 0.220 e. The fourth-order valence-electron chi connectivity index (χ4n) is 2.64. The molecule has 0 bridgehead atoms. The van der Waals surface area contributed by atoms with Gasteiger partial charge in [-0.15, -0.1) is 0 Å². The van der Waals surface area contributed by atoms with Crippen molar-refractivity contribution in [3.63, 3.8) is 0 Å². The fourth-order valence-corrected chi connectivity index (χ4v) is 2.64. The van der Waals surface area contributed by atoms with Crippen molar-refractivity contribution in [2.45, 2.75) is 51.4 Å². The molecule has 3 nitrogen and oxygen atoms in total. The number of aryl methyl sites for hydroxylation is 1. The Morgan fingerprint density at radius 3 is 2.47 bits per heavy atom. The number of rotatable bonds is 3. The Morgan fingerprint density at radius 2 is 1.95 bits per heavy atom. The van der Waals surface area contributed by atoms with Crippen LogP contribution < -0.4 is 0 Å². The molecule has 0 unspecified atom stereocenters. The Hall–Kier alpha value is -1.35. The van der Waals surface area contributed by atoms with Gasteiger partial charge >= 0.3 is 0 Å². The number of ether oxygens (including phenoxy) is 2. The molecule has 0 aliphatic carbocycles. The molecular weight excluding hydrogens is 238 g/mol. The molecule has 0 radical (unpaired) electrons. The van der Waals surface area contributed by atoms with Gasteiger partial charge in [0.1, 0.15) is 12.7 Å². The van der Waals surface area contributed by atoms with Crippen LogP contribution in [0.15, 0.2) is 29.3 Å². The van der Waals surface area contributed by atoms with Crippen LogP contribution in [0.1, 0.15) is 44.4 Å². The Kier molecular flexibility index (Phi) is 2.72. The van der Waals surface area contributed by atoms with Crippen molar-refractivity contribution in [2.24, 2.45) is 4.99 Å². The highest BCUT2D eigenvalue weighted by Crippen LogP contribution is 2.54. The van der Waals surface area contributed by atoms with E-state index in [2.05, 4.69) is 57.0 Å². The van der Waals surface area contributed by atoms with E-state index in [-0.39, 0.29) is 17.2 Å². The molecule has 1 fully saturated rings. The van der Waals surface area contributed by atoms with E-state index in [1.807, 2.05) is 0 Å². The molecule has 0 spiro atoms. The first kappa shape index (κ1) is 12.7. The summed E-state index contributed by atoms with van der Waals surface area (Å²) >= 11 is 0. The van der Waals surface area contributed by atoms with Crippen molar-refractivity contribution in [2.75, 3.05) is 6.61 Å². The first-order valence-electron chi connectivity index (χ1n) is 6.94. The summed E-state index contributed by atoms with van der Waals surface area (Å²) in [6.07, 6.45) is 0.978. The van der Waals surface area contributed by atoms with Crippen molar-refractivity contribution >= 4 is 5.90 Å². The van der Waals surface area contributed by atoms with Gasteiger partial charge in [-0.05, 0) is 32.8 Å². The van der Waals surface area contributed by atoms with Crippen LogP contribution in [-0.4, -0.2) is 23.6 Å². The van der Waals surface area contributed by atoms with Crippen LogP contribution in [0.5, 0.6) is 0 Å². The minimum atomic E-state index is -0.330. The Bertz CT molecular complexity index is 518. The van der Waals surface area contributed by atoms with Gasteiger partial charge in [0.2, 0.25) is 5.90 Å². The minimum Gasteiger partial charge on any atom is -0.476 e. The summed E-state index contributed by atoms with van der Waals surface area (Å²) in [6, 6.07) is 8.52. The number of hydrogen-bond donors (Lipinski definition) is 0. The zero-order valence-corrected chi connectivity index (χ0v) is 12.1. The normalized spacial score (nSPS) is 31.8. The second-order valence-corrected chi connectivity index (χ2v) is 6.17. The van der Waals surface area contributed by atoms with Crippen LogP contribution in [0.25, 0.3) is 0 Å². The summed E-state index contributed by atoms with van der Waals surface area (Å²) in [5.74, 6) is 0.783. The third-order valence-electron chi connectivity index (χ3n) is 3.93. The average molecular weight is 259 g/mol. The summed E-state index contributed by atoms with van der Waals surface area (Å²) in [5.41, 5.74) is 2.02. The highest BCUT2D eigenvalue weighted by molar-refractivity contribution is 5.90. The van der Waals surface area contributed by atoms with E-state index >= 15 is 0 Å². The monoisotopic (exact) mass is 259 g/mol. The van der Waals surface area contributed by atoms with Crippen molar-refractivity contribution in [1.82, 2.24) is 0 Å². The van der Waals surface area contributed by atoms with Crippen molar-refractivity contribution < 1.29 is 9.47 Å². The Balaban J connectivity index is 1.87. The van der Waals surface area contributed by atoms with Gasteiger partial charge in [0.05, 0.1) is 5.54 Å². The summed E-state index contributed by atoms with van der Waals surface area (Å²) in [5, 5.41) is 0. The van der Waals surface area contributed by atoms with E-state index in [0.29, 0.717) is 6.61 Å². The predicted molar refractivity (Wildman–Crippen MR) is 75.5 cm³/mol. The summed E-state index contributed by atoms with van der Waals surface area (Å²) in [7, 11) is 0. The molecule has 2 aliphatic heterocycles. The van der Waals surface area contributed by atoms with Gasteiger partial charge in [-0.3, -0.25) is 0 Å². The number of epoxide rings is 1. The third-order valence-corrected chi connectivity index (χ3v) is 3.93. The third kappa shape index (κ3) is 2.06. The fraction of sp³-hybridized carbons (Fsp3) is 0.562. The lowest BCUT2D eigenvalue weighted by Gasteiger charge is -2.10. The van der Waals surface area contributed by atoms with Crippen LogP contribution in [0.3, 0.4) is 0 Å². The van der Waals surface area contributed by atoms with Crippen molar-refractivity contribution in [3.05, 3.63) is 35.4 Å². The quantitative estimate of drug-likeness (QED) is 0.779.